The van der Waals surface area contributed by atoms with Crippen LogP contribution in [0, 0.1) is 12.8 Å². The monoisotopic (exact) mass is 282 g/mol. The van der Waals surface area contributed by atoms with Gasteiger partial charge in [-0.2, -0.15) is 0 Å². The second kappa shape index (κ2) is 6.92. The van der Waals surface area contributed by atoms with Crippen LogP contribution >= 0.6 is 12.4 Å². The zero-order chi connectivity index (χ0) is 13.1. The van der Waals surface area contributed by atoms with Gasteiger partial charge < -0.3 is 10.2 Å². The molecular formula is C15H23ClN2O. The molecule has 1 atom stereocenters. The first-order valence-electron chi connectivity index (χ1n) is 6.61. The van der Waals surface area contributed by atoms with E-state index in [1.165, 1.54) is 11.1 Å². The lowest BCUT2D eigenvalue weighted by molar-refractivity contribution is -0.137. The highest BCUT2D eigenvalue weighted by Crippen LogP contribution is 2.13. The van der Waals surface area contributed by atoms with E-state index in [1.54, 1.807) is 0 Å². The Balaban J connectivity index is 0.00000180. The summed E-state index contributed by atoms with van der Waals surface area (Å²) < 4.78 is 0. The largest absolute Gasteiger partial charge is 0.342 e. The molecule has 2 rings (SSSR count). The molecule has 1 aromatic rings. The Hall–Kier alpha value is -1.06. The molecule has 1 aliphatic heterocycles. The number of hydrogen-bond donors (Lipinski definition) is 1. The first-order chi connectivity index (χ1) is 8.58. The van der Waals surface area contributed by atoms with Crippen LogP contribution in [0.25, 0.3) is 0 Å². The summed E-state index contributed by atoms with van der Waals surface area (Å²) in [5, 5.41) is 3.14. The van der Waals surface area contributed by atoms with Crippen molar-refractivity contribution in [3.05, 3.63) is 35.4 Å². The Morgan fingerprint density at radius 2 is 1.95 bits per heavy atom. The van der Waals surface area contributed by atoms with Crippen molar-refractivity contribution in [3.63, 3.8) is 0 Å². The van der Waals surface area contributed by atoms with Gasteiger partial charge in [0.1, 0.15) is 0 Å². The fourth-order valence-electron chi connectivity index (χ4n) is 2.17. The topological polar surface area (TPSA) is 32.3 Å². The summed E-state index contributed by atoms with van der Waals surface area (Å²) in [7, 11) is 1.92. The van der Waals surface area contributed by atoms with Gasteiger partial charge in [-0.1, -0.05) is 29.8 Å². The highest BCUT2D eigenvalue weighted by molar-refractivity contribution is 5.85. The van der Waals surface area contributed by atoms with Crippen molar-refractivity contribution in [2.45, 2.75) is 26.3 Å². The summed E-state index contributed by atoms with van der Waals surface area (Å²) in [4.78, 5) is 14.0. The van der Waals surface area contributed by atoms with E-state index in [4.69, 9.17) is 0 Å². The zero-order valence-corrected chi connectivity index (χ0v) is 12.7. The van der Waals surface area contributed by atoms with E-state index in [9.17, 15) is 4.79 Å². The van der Waals surface area contributed by atoms with E-state index in [-0.39, 0.29) is 30.3 Å². The Labute approximate surface area is 121 Å². The standard InChI is InChI=1S/C15H22N2O.ClH/c1-11-4-6-13(7-5-11)8-12(2)17(3)15(18)14-9-16-10-14;/h4-7,12,14,16H,8-10H2,1-3H3;1H. The third-order valence-corrected chi connectivity index (χ3v) is 3.79. The Bertz CT molecular complexity index is 415. The van der Waals surface area contributed by atoms with Gasteiger partial charge in [-0.25, -0.2) is 0 Å². The number of carbonyl (C=O) groups is 1. The maximum absolute atomic E-state index is 12.1. The summed E-state index contributed by atoms with van der Waals surface area (Å²) in [5.41, 5.74) is 2.57. The molecule has 0 aromatic heterocycles. The number of carbonyl (C=O) groups excluding carboxylic acids is 1. The number of hydrogen-bond acceptors (Lipinski definition) is 2. The second-order valence-electron chi connectivity index (χ2n) is 5.34. The van der Waals surface area contributed by atoms with E-state index in [0.29, 0.717) is 0 Å². The van der Waals surface area contributed by atoms with Gasteiger partial charge in [-0.05, 0) is 25.8 Å². The third-order valence-electron chi connectivity index (χ3n) is 3.79. The molecule has 0 spiro atoms. The van der Waals surface area contributed by atoms with Crippen molar-refractivity contribution in [1.29, 1.82) is 0 Å². The number of nitrogens with one attached hydrogen (secondary N) is 1. The molecule has 1 saturated heterocycles. The maximum Gasteiger partial charge on any atom is 0.228 e. The van der Waals surface area contributed by atoms with Crippen LogP contribution < -0.4 is 5.32 Å². The lowest BCUT2D eigenvalue weighted by atomic mass is 9.99. The summed E-state index contributed by atoms with van der Waals surface area (Å²) in [6.07, 6.45) is 0.919. The Kier molecular flexibility index (Phi) is 5.83. The molecule has 0 bridgehead atoms. The predicted molar refractivity (Wildman–Crippen MR) is 80.7 cm³/mol. The van der Waals surface area contributed by atoms with Crippen molar-refractivity contribution < 1.29 is 4.79 Å². The molecule has 3 nitrogen and oxygen atoms in total. The summed E-state index contributed by atoms with van der Waals surface area (Å²) in [5.74, 6) is 0.462. The number of likely N-dealkylation sites (N-methyl/N-ethyl adjacent to an activating group) is 1. The molecule has 106 valence electrons. The molecule has 1 aromatic carbocycles. The molecule has 19 heavy (non-hydrogen) atoms. The smallest absolute Gasteiger partial charge is 0.228 e. The van der Waals surface area contributed by atoms with Gasteiger partial charge in [-0.3, -0.25) is 4.79 Å². The van der Waals surface area contributed by atoms with E-state index >= 15 is 0 Å². The van der Waals surface area contributed by atoms with Gasteiger partial charge in [0.2, 0.25) is 5.91 Å². The van der Waals surface area contributed by atoms with E-state index in [1.807, 2.05) is 11.9 Å². The lowest BCUT2D eigenvalue weighted by Crippen LogP contribution is -2.53. The molecule has 1 amide bonds. The minimum absolute atomic E-state index is 0. The van der Waals surface area contributed by atoms with Crippen LogP contribution in [0.4, 0.5) is 0 Å². The van der Waals surface area contributed by atoms with Crippen LogP contribution in [0.5, 0.6) is 0 Å². The van der Waals surface area contributed by atoms with E-state index in [2.05, 4.69) is 43.4 Å². The van der Waals surface area contributed by atoms with Gasteiger partial charge in [0.05, 0.1) is 5.92 Å². The lowest BCUT2D eigenvalue weighted by Gasteiger charge is -2.33. The molecule has 1 unspecified atom stereocenters. The zero-order valence-electron chi connectivity index (χ0n) is 11.8. The average Bonchev–Trinajstić information content (AvgIpc) is 2.28. The van der Waals surface area contributed by atoms with Crippen LogP contribution in [0.2, 0.25) is 0 Å². The third kappa shape index (κ3) is 3.95. The van der Waals surface area contributed by atoms with Crippen LogP contribution in [0.1, 0.15) is 18.1 Å². The summed E-state index contributed by atoms with van der Waals surface area (Å²) in [6.45, 7) is 5.87. The Morgan fingerprint density at radius 3 is 2.42 bits per heavy atom. The summed E-state index contributed by atoms with van der Waals surface area (Å²) >= 11 is 0. The highest BCUT2D eigenvalue weighted by Gasteiger charge is 2.29. The number of amides is 1. The van der Waals surface area contributed by atoms with Crippen molar-refractivity contribution in [2.24, 2.45) is 5.92 Å². The molecule has 1 fully saturated rings. The molecule has 4 heteroatoms. The minimum atomic E-state index is 0. The fraction of sp³-hybridized carbons (Fsp3) is 0.533. The van der Waals surface area contributed by atoms with Gasteiger partial charge in [0.15, 0.2) is 0 Å². The van der Waals surface area contributed by atoms with Crippen molar-refractivity contribution in [2.75, 3.05) is 20.1 Å². The van der Waals surface area contributed by atoms with Gasteiger partial charge >= 0.3 is 0 Å². The number of halogens is 1. The first kappa shape index (κ1) is 16.0. The number of aryl methyl sites for hydroxylation is 1. The van der Waals surface area contributed by atoms with E-state index in [0.717, 1.165) is 19.5 Å². The van der Waals surface area contributed by atoms with Crippen LogP contribution in [-0.2, 0) is 11.2 Å². The average molecular weight is 283 g/mol. The molecular weight excluding hydrogens is 260 g/mol. The predicted octanol–water partition coefficient (Wildman–Crippen LogP) is 2.03. The normalized spacial score (nSPS) is 16.2. The van der Waals surface area contributed by atoms with Crippen molar-refractivity contribution >= 4 is 18.3 Å². The molecule has 0 aliphatic carbocycles. The molecule has 1 aliphatic rings. The maximum atomic E-state index is 12.1. The number of nitrogens with zero attached hydrogens (tertiary/aromatic N) is 1. The quantitative estimate of drug-likeness (QED) is 0.916. The van der Waals surface area contributed by atoms with Gasteiger partial charge in [0, 0.05) is 26.2 Å². The van der Waals surface area contributed by atoms with E-state index < -0.39 is 0 Å². The van der Waals surface area contributed by atoms with Crippen LogP contribution in [0.3, 0.4) is 0 Å². The second-order valence-corrected chi connectivity index (χ2v) is 5.34. The SMILES string of the molecule is Cc1ccc(CC(C)N(C)C(=O)C2CNC2)cc1.Cl. The summed E-state index contributed by atoms with van der Waals surface area (Å²) in [6, 6.07) is 8.80. The highest BCUT2D eigenvalue weighted by atomic mass is 35.5. The minimum Gasteiger partial charge on any atom is -0.342 e. The number of rotatable bonds is 4. The van der Waals surface area contributed by atoms with Crippen molar-refractivity contribution in [3.8, 4) is 0 Å². The van der Waals surface area contributed by atoms with Crippen LogP contribution in [0.15, 0.2) is 24.3 Å². The first-order valence-corrected chi connectivity index (χ1v) is 6.61. The van der Waals surface area contributed by atoms with Gasteiger partial charge in [0.25, 0.3) is 0 Å². The fourth-order valence-corrected chi connectivity index (χ4v) is 2.17. The number of benzene rings is 1. The Morgan fingerprint density at radius 1 is 1.37 bits per heavy atom. The molecule has 1 N–H and O–H groups in total. The van der Waals surface area contributed by atoms with Crippen LogP contribution in [-0.4, -0.2) is 37.0 Å². The van der Waals surface area contributed by atoms with Gasteiger partial charge in [-0.15, -0.1) is 12.4 Å². The molecule has 1 heterocycles. The van der Waals surface area contributed by atoms with Crippen molar-refractivity contribution in [1.82, 2.24) is 10.2 Å². The molecule has 0 radical (unpaired) electrons. The molecule has 0 saturated carbocycles.